The topological polar surface area (TPSA) is 20.2 Å². The zero-order valence-electron chi connectivity index (χ0n) is 10.8. The van der Waals surface area contributed by atoms with Crippen LogP contribution in [0.1, 0.15) is 47.0 Å². The van der Waals surface area contributed by atoms with E-state index in [1.54, 1.807) is 0 Å². The average Bonchev–Trinajstić information content (AvgIpc) is 2.16. The maximum absolute atomic E-state index is 9.19. The lowest BCUT2D eigenvalue weighted by Crippen LogP contribution is -2.21. The molecule has 0 aliphatic rings. The Morgan fingerprint density at radius 1 is 1.07 bits per heavy atom. The fraction of sp³-hybridized carbons (Fsp3) is 0.846. The number of aliphatic hydroxyl groups excluding tert-OH is 1. The molecule has 0 aliphatic heterocycles. The summed E-state index contributed by atoms with van der Waals surface area (Å²) < 4.78 is 0. The summed E-state index contributed by atoms with van der Waals surface area (Å²) in [6.07, 6.45) is 4.56. The van der Waals surface area contributed by atoms with Crippen molar-refractivity contribution in [3.05, 3.63) is 12.6 Å². The van der Waals surface area contributed by atoms with E-state index in [1.165, 1.54) is 12.8 Å². The lowest BCUT2D eigenvalue weighted by atomic mass is 9.67. The molecule has 0 aromatic heterocycles. The predicted octanol–water partition coefficient (Wildman–Crippen LogP) is 3.47. The van der Waals surface area contributed by atoms with E-state index in [0.717, 1.165) is 12.7 Å². The molecule has 0 spiro atoms. The van der Waals surface area contributed by atoms with E-state index < -0.39 is 0 Å². The summed E-state index contributed by atoms with van der Waals surface area (Å²) in [7, 11) is 2.12. The van der Waals surface area contributed by atoms with Crippen molar-refractivity contribution in [2.75, 3.05) is 6.61 Å². The first-order chi connectivity index (χ1) is 6.83. The van der Waals surface area contributed by atoms with Crippen molar-refractivity contribution < 1.29 is 5.11 Å². The summed E-state index contributed by atoms with van der Waals surface area (Å²) in [5, 5.41) is 9.19. The third-order valence-corrected chi connectivity index (χ3v) is 3.06. The number of hydrogen-bond donors (Lipinski definition) is 1. The minimum atomic E-state index is 0.0689. The first kappa shape index (κ1) is 14.8. The molecule has 0 unspecified atom stereocenters. The molecule has 1 radical (unpaired) electrons. The molecular formula is C13H26BO. The highest BCUT2D eigenvalue weighted by molar-refractivity contribution is 6.41. The molecule has 15 heavy (non-hydrogen) atoms. The maximum Gasteiger partial charge on any atom is 0.140 e. The summed E-state index contributed by atoms with van der Waals surface area (Å²) in [6.45, 7) is 12.8. The number of rotatable bonds is 8. The van der Waals surface area contributed by atoms with Gasteiger partial charge in [-0.15, -0.1) is 12.6 Å². The molecule has 0 aliphatic carbocycles. The smallest absolute Gasteiger partial charge is 0.140 e. The first-order valence-electron chi connectivity index (χ1n) is 5.88. The van der Waals surface area contributed by atoms with Gasteiger partial charge < -0.3 is 5.11 Å². The van der Waals surface area contributed by atoms with Crippen molar-refractivity contribution in [2.45, 2.75) is 53.3 Å². The van der Waals surface area contributed by atoms with Crippen LogP contribution in [0.5, 0.6) is 0 Å². The summed E-state index contributed by atoms with van der Waals surface area (Å²) >= 11 is 0. The Morgan fingerprint density at radius 2 is 1.60 bits per heavy atom. The van der Waals surface area contributed by atoms with Crippen LogP contribution in [0.4, 0.5) is 0 Å². The van der Waals surface area contributed by atoms with Gasteiger partial charge in [-0.05, 0) is 23.7 Å². The normalized spacial score (nSPS) is 12.6. The molecule has 0 fully saturated rings. The van der Waals surface area contributed by atoms with Crippen LogP contribution in [0.3, 0.4) is 0 Å². The molecular weight excluding hydrogens is 183 g/mol. The predicted molar refractivity (Wildman–Crippen MR) is 69.3 cm³/mol. The van der Waals surface area contributed by atoms with Gasteiger partial charge in [-0.1, -0.05) is 40.4 Å². The van der Waals surface area contributed by atoms with Gasteiger partial charge in [0.1, 0.15) is 7.28 Å². The van der Waals surface area contributed by atoms with Gasteiger partial charge in [0, 0.05) is 6.61 Å². The molecule has 0 bridgehead atoms. The molecule has 1 N–H and O–H groups in total. The van der Waals surface area contributed by atoms with Crippen molar-refractivity contribution in [1.29, 1.82) is 0 Å². The van der Waals surface area contributed by atoms with Crippen LogP contribution in [0.25, 0.3) is 0 Å². The van der Waals surface area contributed by atoms with Crippen molar-refractivity contribution in [2.24, 2.45) is 10.8 Å². The molecule has 0 aromatic carbocycles. The van der Waals surface area contributed by atoms with Crippen LogP contribution in [0, 0.1) is 10.8 Å². The van der Waals surface area contributed by atoms with Crippen molar-refractivity contribution in [3.63, 3.8) is 0 Å². The Labute approximate surface area is 96.2 Å². The molecule has 0 heterocycles. The highest BCUT2D eigenvalue weighted by Crippen LogP contribution is 2.33. The molecule has 0 rings (SSSR count). The Morgan fingerprint density at radius 3 is 2.07 bits per heavy atom. The second kappa shape index (κ2) is 6.37. The average molecular weight is 209 g/mol. The van der Waals surface area contributed by atoms with E-state index in [2.05, 4.69) is 41.6 Å². The van der Waals surface area contributed by atoms with Gasteiger partial charge in [-0.25, -0.2) is 0 Å². The summed E-state index contributed by atoms with van der Waals surface area (Å²) in [6, 6.07) is 0. The molecule has 0 saturated carbocycles. The van der Waals surface area contributed by atoms with Crippen molar-refractivity contribution in [1.82, 2.24) is 0 Å². The van der Waals surface area contributed by atoms with E-state index in [0.29, 0.717) is 5.41 Å². The van der Waals surface area contributed by atoms with Gasteiger partial charge in [0.15, 0.2) is 0 Å². The quantitative estimate of drug-likeness (QED) is 0.479. The van der Waals surface area contributed by atoms with Gasteiger partial charge in [-0.2, -0.15) is 0 Å². The first-order valence-corrected chi connectivity index (χ1v) is 5.88. The van der Waals surface area contributed by atoms with Crippen molar-refractivity contribution >= 4 is 7.28 Å². The fourth-order valence-electron chi connectivity index (χ4n) is 1.47. The molecule has 0 saturated heterocycles. The number of hydrogen-bond acceptors (Lipinski definition) is 1. The zero-order valence-corrected chi connectivity index (χ0v) is 10.8. The summed E-state index contributed by atoms with van der Waals surface area (Å²) in [4.78, 5) is 0. The van der Waals surface area contributed by atoms with Crippen LogP contribution in [-0.4, -0.2) is 19.0 Å². The summed E-state index contributed by atoms with van der Waals surface area (Å²) in [5.41, 5.74) is 0.436. The lowest BCUT2D eigenvalue weighted by molar-refractivity contribution is 0.130. The van der Waals surface area contributed by atoms with Gasteiger partial charge in [-0.3, -0.25) is 0 Å². The largest absolute Gasteiger partial charge is 0.396 e. The van der Waals surface area contributed by atoms with Gasteiger partial charge >= 0.3 is 0 Å². The Bertz CT molecular complexity index is 185. The Balaban J connectivity index is 3.87. The monoisotopic (exact) mass is 209 g/mol. The Kier molecular flexibility index (Phi) is 6.27. The molecule has 0 atom stereocenters. The Hall–Kier alpha value is -0.235. The zero-order chi connectivity index (χ0) is 11.9. The minimum absolute atomic E-state index is 0.0689. The van der Waals surface area contributed by atoms with Crippen LogP contribution in [0.15, 0.2) is 12.6 Å². The highest BCUT2D eigenvalue weighted by Gasteiger charge is 2.23. The van der Waals surface area contributed by atoms with Gasteiger partial charge in [0.25, 0.3) is 0 Å². The van der Waals surface area contributed by atoms with Crippen molar-refractivity contribution in [3.8, 4) is 0 Å². The van der Waals surface area contributed by atoms with Crippen LogP contribution in [0.2, 0.25) is 6.32 Å². The SMILES string of the molecule is C=C[B]CCC(C)(C)CCC(C)(C)CO. The third-order valence-electron chi connectivity index (χ3n) is 3.06. The van der Waals surface area contributed by atoms with Crippen LogP contribution < -0.4 is 0 Å². The van der Waals surface area contributed by atoms with Crippen LogP contribution >= 0.6 is 0 Å². The number of aliphatic hydroxyl groups is 1. The maximum atomic E-state index is 9.19. The van der Waals surface area contributed by atoms with Gasteiger partial charge in [0.2, 0.25) is 0 Å². The standard InChI is InChI=1S/C13H26BO/c1-6-14-10-9-12(2,3)7-8-13(4,5)11-15/h6,15H,1,7-11H2,2-5H3. The van der Waals surface area contributed by atoms with Gasteiger partial charge in [0.05, 0.1) is 0 Å². The molecule has 87 valence electrons. The van der Waals surface area contributed by atoms with Crippen LogP contribution in [-0.2, 0) is 0 Å². The van der Waals surface area contributed by atoms with E-state index >= 15 is 0 Å². The minimum Gasteiger partial charge on any atom is -0.396 e. The molecule has 2 heteroatoms. The highest BCUT2D eigenvalue weighted by atomic mass is 16.3. The lowest BCUT2D eigenvalue weighted by Gasteiger charge is -2.30. The summed E-state index contributed by atoms with van der Waals surface area (Å²) in [5.74, 6) is 1.87. The molecule has 1 nitrogen and oxygen atoms in total. The van der Waals surface area contributed by atoms with E-state index in [9.17, 15) is 5.11 Å². The van der Waals surface area contributed by atoms with E-state index in [4.69, 9.17) is 0 Å². The second-order valence-electron chi connectivity index (χ2n) is 6.00. The fourth-order valence-corrected chi connectivity index (χ4v) is 1.47. The molecule has 0 amide bonds. The molecule has 0 aromatic rings. The van der Waals surface area contributed by atoms with E-state index in [1.807, 2.05) is 5.98 Å². The van der Waals surface area contributed by atoms with E-state index in [-0.39, 0.29) is 12.0 Å². The third kappa shape index (κ3) is 7.67. The second-order valence-corrected chi connectivity index (χ2v) is 6.00.